The summed E-state index contributed by atoms with van der Waals surface area (Å²) in [4.78, 5) is 8.49. The largest absolute Gasteiger partial charge is 0.497 e. The van der Waals surface area contributed by atoms with Gasteiger partial charge >= 0.3 is 0 Å². The highest BCUT2D eigenvalue weighted by Crippen LogP contribution is 2.19. The number of benzene rings is 1. The second kappa shape index (κ2) is 5.30. The molecule has 0 atom stereocenters. The van der Waals surface area contributed by atoms with E-state index in [1.807, 2.05) is 31.2 Å². The molecule has 0 saturated heterocycles. The lowest BCUT2D eigenvalue weighted by atomic mass is 10.2. The minimum Gasteiger partial charge on any atom is -0.497 e. The molecule has 2 rings (SSSR count). The third kappa shape index (κ3) is 2.72. The van der Waals surface area contributed by atoms with E-state index in [0.29, 0.717) is 18.2 Å². The fourth-order valence-corrected chi connectivity index (χ4v) is 1.45. The summed E-state index contributed by atoms with van der Waals surface area (Å²) in [5.74, 6) is 2.18. The number of methoxy groups -OCH3 is 1. The Bertz CT molecular complexity index is 466. The van der Waals surface area contributed by atoms with Gasteiger partial charge in [0, 0.05) is 5.56 Å². The number of hydrogen-bond acceptors (Lipinski definition) is 4. The summed E-state index contributed by atoms with van der Waals surface area (Å²) in [6.07, 6.45) is 3.35. The molecule has 0 fully saturated rings. The first-order valence-electron chi connectivity index (χ1n) is 5.42. The molecule has 1 aromatic carbocycles. The summed E-state index contributed by atoms with van der Waals surface area (Å²) in [5, 5.41) is 0. The van der Waals surface area contributed by atoms with E-state index >= 15 is 0 Å². The van der Waals surface area contributed by atoms with E-state index in [-0.39, 0.29) is 0 Å². The van der Waals surface area contributed by atoms with Crippen molar-refractivity contribution >= 4 is 0 Å². The molecule has 0 amide bonds. The van der Waals surface area contributed by atoms with Crippen LogP contribution in [0, 0.1) is 0 Å². The van der Waals surface area contributed by atoms with Crippen molar-refractivity contribution < 1.29 is 9.47 Å². The molecule has 0 N–H and O–H groups in total. The molecule has 0 aliphatic heterocycles. The molecule has 0 unspecified atom stereocenters. The molecule has 2 aromatic rings. The van der Waals surface area contributed by atoms with Gasteiger partial charge in [-0.2, -0.15) is 0 Å². The van der Waals surface area contributed by atoms with Crippen LogP contribution in [0.1, 0.15) is 6.92 Å². The molecule has 4 heteroatoms. The number of rotatable bonds is 4. The molecule has 0 spiro atoms. The lowest BCUT2D eigenvalue weighted by Gasteiger charge is -2.04. The number of nitrogens with zero attached hydrogens (tertiary/aromatic N) is 2. The van der Waals surface area contributed by atoms with E-state index in [1.54, 1.807) is 19.5 Å². The molecule has 0 saturated carbocycles. The Kier molecular flexibility index (Phi) is 3.55. The van der Waals surface area contributed by atoms with Gasteiger partial charge in [-0.05, 0) is 31.2 Å². The van der Waals surface area contributed by atoms with Gasteiger partial charge in [-0.3, -0.25) is 0 Å². The Morgan fingerprint density at radius 1 is 1.00 bits per heavy atom. The fourth-order valence-electron chi connectivity index (χ4n) is 1.45. The second-order valence-corrected chi connectivity index (χ2v) is 3.40. The molecule has 0 aliphatic carbocycles. The maximum Gasteiger partial charge on any atom is 0.159 e. The quantitative estimate of drug-likeness (QED) is 0.809. The molecule has 4 nitrogen and oxygen atoms in total. The summed E-state index contributed by atoms with van der Waals surface area (Å²) in [6.45, 7) is 2.54. The van der Waals surface area contributed by atoms with Crippen molar-refractivity contribution in [1.82, 2.24) is 9.97 Å². The van der Waals surface area contributed by atoms with Crippen molar-refractivity contribution in [1.29, 1.82) is 0 Å². The van der Waals surface area contributed by atoms with Crippen molar-refractivity contribution in [3.8, 4) is 22.9 Å². The van der Waals surface area contributed by atoms with Crippen LogP contribution in [-0.2, 0) is 0 Å². The third-order valence-corrected chi connectivity index (χ3v) is 2.29. The molecular formula is C13H14N2O2. The van der Waals surface area contributed by atoms with Crippen molar-refractivity contribution in [2.45, 2.75) is 6.92 Å². The Morgan fingerprint density at radius 2 is 1.65 bits per heavy atom. The summed E-state index contributed by atoms with van der Waals surface area (Å²) in [7, 11) is 1.64. The summed E-state index contributed by atoms with van der Waals surface area (Å²) >= 11 is 0. The van der Waals surface area contributed by atoms with Gasteiger partial charge in [-0.25, -0.2) is 9.97 Å². The maximum atomic E-state index is 5.29. The summed E-state index contributed by atoms with van der Waals surface area (Å²) < 4.78 is 10.4. The normalized spacial score (nSPS) is 10.0. The van der Waals surface area contributed by atoms with Gasteiger partial charge < -0.3 is 9.47 Å². The van der Waals surface area contributed by atoms with Crippen LogP contribution in [0.15, 0.2) is 36.7 Å². The van der Waals surface area contributed by atoms with Crippen LogP contribution < -0.4 is 9.47 Å². The van der Waals surface area contributed by atoms with Crippen LogP contribution in [0.3, 0.4) is 0 Å². The monoisotopic (exact) mass is 230 g/mol. The van der Waals surface area contributed by atoms with E-state index in [4.69, 9.17) is 9.47 Å². The van der Waals surface area contributed by atoms with E-state index in [9.17, 15) is 0 Å². The number of aromatic nitrogens is 2. The topological polar surface area (TPSA) is 44.2 Å². The molecule has 0 aliphatic rings. The standard InChI is InChI=1S/C13H14N2O2/c1-3-17-12-8-14-13(15-9-12)10-4-6-11(16-2)7-5-10/h4-9H,3H2,1-2H3. The Labute approximate surface area is 100 Å². The zero-order valence-electron chi connectivity index (χ0n) is 9.88. The predicted molar refractivity (Wildman–Crippen MR) is 65.2 cm³/mol. The van der Waals surface area contributed by atoms with Gasteiger partial charge in [-0.15, -0.1) is 0 Å². The van der Waals surface area contributed by atoms with E-state index in [2.05, 4.69) is 9.97 Å². The van der Waals surface area contributed by atoms with Crippen molar-refractivity contribution in [2.75, 3.05) is 13.7 Å². The SMILES string of the molecule is CCOc1cnc(-c2ccc(OC)cc2)nc1. The Balaban J connectivity index is 2.20. The Morgan fingerprint density at radius 3 is 2.18 bits per heavy atom. The first-order valence-corrected chi connectivity index (χ1v) is 5.42. The van der Waals surface area contributed by atoms with E-state index in [1.165, 1.54) is 0 Å². The average molecular weight is 230 g/mol. The van der Waals surface area contributed by atoms with Gasteiger partial charge in [0.15, 0.2) is 11.6 Å². The molecule has 1 aromatic heterocycles. The van der Waals surface area contributed by atoms with Crippen LogP contribution in [0.4, 0.5) is 0 Å². The molecule has 0 bridgehead atoms. The Hall–Kier alpha value is -2.10. The number of hydrogen-bond donors (Lipinski definition) is 0. The van der Waals surface area contributed by atoms with Crippen LogP contribution in [-0.4, -0.2) is 23.7 Å². The first-order chi connectivity index (χ1) is 8.33. The molecular weight excluding hydrogens is 216 g/mol. The molecule has 0 radical (unpaired) electrons. The molecule has 17 heavy (non-hydrogen) atoms. The van der Waals surface area contributed by atoms with E-state index in [0.717, 1.165) is 11.3 Å². The third-order valence-electron chi connectivity index (χ3n) is 2.29. The van der Waals surface area contributed by atoms with Gasteiger partial charge in [0.25, 0.3) is 0 Å². The van der Waals surface area contributed by atoms with E-state index < -0.39 is 0 Å². The van der Waals surface area contributed by atoms with Gasteiger partial charge in [0.2, 0.25) is 0 Å². The van der Waals surface area contributed by atoms with Crippen LogP contribution >= 0.6 is 0 Å². The highest BCUT2D eigenvalue weighted by atomic mass is 16.5. The minimum atomic E-state index is 0.616. The lowest BCUT2D eigenvalue weighted by molar-refractivity contribution is 0.337. The number of ether oxygens (including phenoxy) is 2. The van der Waals surface area contributed by atoms with Gasteiger partial charge in [-0.1, -0.05) is 0 Å². The van der Waals surface area contributed by atoms with Gasteiger partial charge in [0.1, 0.15) is 5.75 Å². The van der Waals surface area contributed by atoms with Crippen molar-refractivity contribution in [3.63, 3.8) is 0 Å². The van der Waals surface area contributed by atoms with Crippen LogP contribution in [0.25, 0.3) is 11.4 Å². The highest BCUT2D eigenvalue weighted by molar-refractivity contribution is 5.56. The van der Waals surface area contributed by atoms with Crippen molar-refractivity contribution in [2.24, 2.45) is 0 Å². The van der Waals surface area contributed by atoms with Crippen LogP contribution in [0.5, 0.6) is 11.5 Å². The summed E-state index contributed by atoms with van der Waals surface area (Å²) in [5.41, 5.74) is 0.953. The molecule has 88 valence electrons. The zero-order valence-corrected chi connectivity index (χ0v) is 9.88. The average Bonchev–Trinajstić information content (AvgIpc) is 2.40. The lowest BCUT2D eigenvalue weighted by Crippen LogP contribution is -1.95. The fraction of sp³-hybridized carbons (Fsp3) is 0.231. The zero-order chi connectivity index (χ0) is 12.1. The molecule has 1 heterocycles. The van der Waals surface area contributed by atoms with Crippen LogP contribution in [0.2, 0.25) is 0 Å². The summed E-state index contributed by atoms with van der Waals surface area (Å²) in [6, 6.07) is 7.62. The smallest absolute Gasteiger partial charge is 0.159 e. The predicted octanol–water partition coefficient (Wildman–Crippen LogP) is 2.55. The highest BCUT2D eigenvalue weighted by Gasteiger charge is 2.02. The van der Waals surface area contributed by atoms with Gasteiger partial charge in [0.05, 0.1) is 26.1 Å². The second-order valence-electron chi connectivity index (χ2n) is 3.40. The first kappa shape index (κ1) is 11.4. The minimum absolute atomic E-state index is 0.616. The van der Waals surface area contributed by atoms with Crippen molar-refractivity contribution in [3.05, 3.63) is 36.7 Å². The maximum absolute atomic E-state index is 5.29.